The molecule has 4 nitrogen and oxygen atoms in total. The van der Waals surface area contributed by atoms with Crippen LogP contribution in [-0.2, 0) is 7.05 Å². The summed E-state index contributed by atoms with van der Waals surface area (Å²) < 4.78 is 1.81. The molecule has 86 valence electrons. The first-order chi connectivity index (χ1) is 7.25. The lowest BCUT2D eigenvalue weighted by Crippen LogP contribution is -2.36. The van der Waals surface area contributed by atoms with Crippen molar-refractivity contribution in [3.63, 3.8) is 0 Å². The SMILES string of the molecule is CC.Cn1ccc(N2CCC(O)CC2)n1. The highest BCUT2D eigenvalue weighted by Gasteiger charge is 2.18. The summed E-state index contributed by atoms with van der Waals surface area (Å²) in [6, 6.07) is 2.01. The number of hydrogen-bond acceptors (Lipinski definition) is 3. The molecular formula is C11H21N3O. The van der Waals surface area contributed by atoms with Crippen molar-refractivity contribution in [3.05, 3.63) is 12.3 Å². The van der Waals surface area contributed by atoms with Gasteiger partial charge in [0, 0.05) is 32.4 Å². The number of piperidine rings is 1. The molecule has 1 aromatic heterocycles. The Bertz CT molecular complexity index is 277. The predicted molar refractivity (Wildman–Crippen MR) is 62.0 cm³/mol. The van der Waals surface area contributed by atoms with Crippen LogP contribution in [0.25, 0.3) is 0 Å². The van der Waals surface area contributed by atoms with Gasteiger partial charge in [-0.05, 0) is 12.8 Å². The smallest absolute Gasteiger partial charge is 0.150 e. The van der Waals surface area contributed by atoms with E-state index in [1.165, 1.54) is 0 Å². The maximum atomic E-state index is 9.33. The fraction of sp³-hybridized carbons (Fsp3) is 0.727. The second-order valence-corrected chi connectivity index (χ2v) is 3.57. The summed E-state index contributed by atoms with van der Waals surface area (Å²) in [5.74, 6) is 1.02. The predicted octanol–water partition coefficient (Wildman–Crippen LogP) is 1.41. The molecular weight excluding hydrogens is 190 g/mol. The van der Waals surface area contributed by atoms with Crippen LogP contribution in [0.4, 0.5) is 5.82 Å². The van der Waals surface area contributed by atoms with E-state index in [0.29, 0.717) is 0 Å². The molecule has 15 heavy (non-hydrogen) atoms. The normalized spacial score (nSPS) is 17.2. The molecule has 1 aliphatic rings. The monoisotopic (exact) mass is 211 g/mol. The van der Waals surface area contributed by atoms with E-state index < -0.39 is 0 Å². The van der Waals surface area contributed by atoms with Gasteiger partial charge in [-0.2, -0.15) is 5.10 Å². The minimum Gasteiger partial charge on any atom is -0.393 e. The molecule has 1 fully saturated rings. The van der Waals surface area contributed by atoms with Crippen LogP contribution in [0.3, 0.4) is 0 Å². The standard InChI is InChI=1S/C9H15N3O.C2H6/c1-11-5-4-9(10-11)12-6-2-8(13)3-7-12;1-2/h4-5,8,13H,2-3,6-7H2,1H3;1-2H3. The van der Waals surface area contributed by atoms with Gasteiger partial charge >= 0.3 is 0 Å². The van der Waals surface area contributed by atoms with Crippen LogP contribution in [0.2, 0.25) is 0 Å². The van der Waals surface area contributed by atoms with Gasteiger partial charge in [0.05, 0.1) is 6.10 Å². The molecule has 0 bridgehead atoms. The van der Waals surface area contributed by atoms with E-state index >= 15 is 0 Å². The quantitative estimate of drug-likeness (QED) is 0.763. The Kier molecular flexibility index (Phi) is 4.62. The summed E-state index contributed by atoms with van der Waals surface area (Å²) in [6.07, 6.45) is 3.55. The first-order valence-corrected chi connectivity index (χ1v) is 5.68. The molecule has 2 heterocycles. The first-order valence-electron chi connectivity index (χ1n) is 5.68. The van der Waals surface area contributed by atoms with Crippen molar-refractivity contribution in [1.29, 1.82) is 0 Å². The van der Waals surface area contributed by atoms with E-state index in [9.17, 15) is 5.11 Å². The molecule has 2 rings (SSSR count). The number of hydrogen-bond donors (Lipinski definition) is 1. The largest absolute Gasteiger partial charge is 0.393 e. The highest BCUT2D eigenvalue weighted by Crippen LogP contribution is 2.17. The zero-order chi connectivity index (χ0) is 11.3. The van der Waals surface area contributed by atoms with Crippen LogP contribution in [0.15, 0.2) is 12.3 Å². The number of aliphatic hydroxyl groups is 1. The molecule has 0 atom stereocenters. The van der Waals surface area contributed by atoms with Crippen LogP contribution < -0.4 is 4.90 Å². The van der Waals surface area contributed by atoms with Crippen molar-refractivity contribution < 1.29 is 5.11 Å². The number of nitrogens with zero attached hydrogens (tertiary/aromatic N) is 3. The summed E-state index contributed by atoms with van der Waals surface area (Å²) in [6.45, 7) is 5.83. The minimum atomic E-state index is -0.111. The third kappa shape index (κ3) is 3.23. The Morgan fingerprint density at radius 3 is 2.40 bits per heavy atom. The van der Waals surface area contributed by atoms with Gasteiger partial charge in [0.25, 0.3) is 0 Å². The van der Waals surface area contributed by atoms with Crippen molar-refractivity contribution in [2.45, 2.75) is 32.8 Å². The van der Waals surface area contributed by atoms with Crippen molar-refractivity contribution in [3.8, 4) is 0 Å². The number of aromatic nitrogens is 2. The molecule has 0 unspecified atom stereocenters. The first kappa shape index (κ1) is 12.0. The highest BCUT2D eigenvalue weighted by molar-refractivity contribution is 5.37. The van der Waals surface area contributed by atoms with Gasteiger partial charge in [0.15, 0.2) is 5.82 Å². The van der Waals surface area contributed by atoms with Crippen LogP contribution >= 0.6 is 0 Å². The van der Waals surface area contributed by atoms with Gasteiger partial charge in [0.2, 0.25) is 0 Å². The molecule has 1 aromatic rings. The molecule has 0 aliphatic carbocycles. The summed E-state index contributed by atoms with van der Waals surface area (Å²) >= 11 is 0. The zero-order valence-electron chi connectivity index (χ0n) is 9.85. The number of aliphatic hydroxyl groups excluding tert-OH is 1. The van der Waals surface area contributed by atoms with Crippen molar-refractivity contribution in [2.24, 2.45) is 7.05 Å². The van der Waals surface area contributed by atoms with Gasteiger partial charge in [-0.15, -0.1) is 0 Å². The lowest BCUT2D eigenvalue weighted by molar-refractivity contribution is 0.145. The third-order valence-corrected chi connectivity index (χ3v) is 2.49. The molecule has 0 saturated carbocycles. The maximum absolute atomic E-state index is 9.33. The molecule has 1 saturated heterocycles. The molecule has 0 amide bonds. The molecule has 1 N–H and O–H groups in total. The van der Waals surface area contributed by atoms with Crippen LogP contribution in [0, 0.1) is 0 Å². The summed E-state index contributed by atoms with van der Waals surface area (Å²) in [5.41, 5.74) is 0. The Balaban J connectivity index is 0.000000531. The fourth-order valence-electron chi connectivity index (χ4n) is 1.67. The van der Waals surface area contributed by atoms with Gasteiger partial charge in [-0.25, -0.2) is 0 Å². The van der Waals surface area contributed by atoms with Gasteiger partial charge in [-0.1, -0.05) is 13.8 Å². The third-order valence-electron chi connectivity index (χ3n) is 2.49. The molecule has 0 aromatic carbocycles. The van der Waals surface area contributed by atoms with E-state index in [4.69, 9.17) is 0 Å². The molecule has 4 heteroatoms. The molecule has 0 spiro atoms. The van der Waals surface area contributed by atoms with Crippen molar-refractivity contribution in [2.75, 3.05) is 18.0 Å². The number of aryl methyl sites for hydroxylation is 1. The summed E-state index contributed by atoms with van der Waals surface area (Å²) in [5, 5.41) is 13.6. The Morgan fingerprint density at radius 2 is 1.93 bits per heavy atom. The Hall–Kier alpha value is -1.03. The van der Waals surface area contributed by atoms with E-state index in [1.54, 1.807) is 4.68 Å². The highest BCUT2D eigenvalue weighted by atomic mass is 16.3. The van der Waals surface area contributed by atoms with Crippen LogP contribution in [0.5, 0.6) is 0 Å². The molecule has 1 aliphatic heterocycles. The van der Waals surface area contributed by atoms with Crippen molar-refractivity contribution >= 4 is 5.82 Å². The summed E-state index contributed by atoms with van der Waals surface area (Å²) in [4.78, 5) is 2.22. The van der Waals surface area contributed by atoms with E-state index in [-0.39, 0.29) is 6.10 Å². The van der Waals surface area contributed by atoms with E-state index in [1.807, 2.05) is 33.2 Å². The van der Waals surface area contributed by atoms with Gasteiger partial charge in [0.1, 0.15) is 0 Å². The number of rotatable bonds is 1. The lowest BCUT2D eigenvalue weighted by Gasteiger charge is -2.29. The average Bonchev–Trinajstić information content (AvgIpc) is 2.69. The second kappa shape index (κ2) is 5.75. The summed E-state index contributed by atoms with van der Waals surface area (Å²) in [7, 11) is 1.92. The van der Waals surface area contributed by atoms with Crippen LogP contribution in [-0.4, -0.2) is 34.1 Å². The lowest BCUT2D eigenvalue weighted by atomic mass is 10.1. The molecule has 0 radical (unpaired) electrons. The average molecular weight is 211 g/mol. The zero-order valence-corrected chi connectivity index (χ0v) is 9.85. The Labute approximate surface area is 91.5 Å². The van der Waals surface area contributed by atoms with E-state index in [0.717, 1.165) is 31.7 Å². The van der Waals surface area contributed by atoms with Gasteiger partial charge < -0.3 is 10.0 Å². The Morgan fingerprint density at radius 1 is 1.33 bits per heavy atom. The second-order valence-electron chi connectivity index (χ2n) is 3.57. The minimum absolute atomic E-state index is 0.111. The van der Waals surface area contributed by atoms with Crippen LogP contribution in [0.1, 0.15) is 26.7 Å². The number of anilines is 1. The van der Waals surface area contributed by atoms with E-state index in [2.05, 4.69) is 10.00 Å². The topological polar surface area (TPSA) is 41.3 Å². The van der Waals surface area contributed by atoms with Gasteiger partial charge in [-0.3, -0.25) is 4.68 Å². The fourth-order valence-corrected chi connectivity index (χ4v) is 1.67. The van der Waals surface area contributed by atoms with Crippen molar-refractivity contribution in [1.82, 2.24) is 9.78 Å². The maximum Gasteiger partial charge on any atom is 0.150 e.